The van der Waals surface area contributed by atoms with Crippen LogP contribution in [0.15, 0.2) is 53.3 Å². The highest BCUT2D eigenvalue weighted by Gasteiger charge is 2.19. The normalized spacial score (nSPS) is 19.0. The van der Waals surface area contributed by atoms with Crippen LogP contribution in [0.3, 0.4) is 0 Å². The zero-order valence-corrected chi connectivity index (χ0v) is 14.3. The van der Waals surface area contributed by atoms with Crippen LogP contribution in [-0.4, -0.2) is 31.5 Å². The molecule has 1 aliphatic rings. The van der Waals surface area contributed by atoms with E-state index in [2.05, 4.69) is 24.1 Å². The van der Waals surface area contributed by atoms with Crippen molar-refractivity contribution in [3.63, 3.8) is 0 Å². The molecule has 1 atom stereocenters. The zero-order chi connectivity index (χ0) is 16.9. The first-order chi connectivity index (χ1) is 11.7. The van der Waals surface area contributed by atoms with Crippen molar-refractivity contribution in [2.24, 2.45) is 10.9 Å². The lowest BCUT2D eigenvalue weighted by Crippen LogP contribution is -2.17. The van der Waals surface area contributed by atoms with E-state index in [-0.39, 0.29) is 0 Å². The first kappa shape index (κ1) is 16.2. The number of benzene rings is 1. The van der Waals surface area contributed by atoms with Crippen LogP contribution in [0.1, 0.15) is 24.5 Å². The lowest BCUT2D eigenvalue weighted by Gasteiger charge is -2.21. The molecule has 0 amide bonds. The Bertz CT molecular complexity index is 766. The van der Waals surface area contributed by atoms with Crippen LogP contribution in [0, 0.1) is 5.92 Å². The van der Waals surface area contributed by atoms with Crippen molar-refractivity contribution in [1.82, 2.24) is 4.98 Å². The molecule has 0 N–H and O–H groups in total. The number of methoxy groups -OCH3 is 2. The highest BCUT2D eigenvalue weighted by Crippen LogP contribution is 2.30. The van der Waals surface area contributed by atoms with Crippen LogP contribution in [0.25, 0.3) is 6.08 Å². The SMILES string of the molecule is COc1ccc(C=C2CC(C)CN=C2c2cccnc2)c(OC)c1. The Morgan fingerprint density at radius 1 is 1.17 bits per heavy atom. The lowest BCUT2D eigenvalue weighted by molar-refractivity contribution is 0.393. The van der Waals surface area contributed by atoms with E-state index in [0.29, 0.717) is 5.92 Å². The van der Waals surface area contributed by atoms with Gasteiger partial charge in [0.1, 0.15) is 11.5 Å². The van der Waals surface area contributed by atoms with E-state index < -0.39 is 0 Å². The number of rotatable bonds is 4. The average Bonchev–Trinajstić information content (AvgIpc) is 2.63. The Balaban J connectivity index is 2.03. The van der Waals surface area contributed by atoms with Gasteiger partial charge in [-0.2, -0.15) is 0 Å². The number of ether oxygens (including phenoxy) is 2. The van der Waals surface area contributed by atoms with Crippen molar-refractivity contribution in [1.29, 1.82) is 0 Å². The van der Waals surface area contributed by atoms with Gasteiger partial charge in [-0.05, 0) is 48.3 Å². The maximum Gasteiger partial charge on any atom is 0.129 e. The fraction of sp³-hybridized carbons (Fsp3) is 0.300. The average molecular weight is 322 g/mol. The number of aliphatic imine (C=N–C) groups is 1. The van der Waals surface area contributed by atoms with Crippen LogP contribution < -0.4 is 9.47 Å². The maximum atomic E-state index is 5.52. The van der Waals surface area contributed by atoms with Crippen LogP contribution >= 0.6 is 0 Å². The predicted octanol–water partition coefficient (Wildman–Crippen LogP) is 4.01. The van der Waals surface area contributed by atoms with E-state index in [9.17, 15) is 0 Å². The van der Waals surface area contributed by atoms with Gasteiger partial charge in [-0.15, -0.1) is 0 Å². The molecule has 1 unspecified atom stereocenters. The third-order valence-electron chi connectivity index (χ3n) is 4.14. The molecule has 1 aliphatic heterocycles. The van der Waals surface area contributed by atoms with E-state index in [1.165, 1.54) is 5.57 Å². The van der Waals surface area contributed by atoms with Crippen molar-refractivity contribution in [3.05, 3.63) is 59.4 Å². The molecular formula is C20H22N2O2. The van der Waals surface area contributed by atoms with Crippen molar-refractivity contribution in [2.45, 2.75) is 13.3 Å². The van der Waals surface area contributed by atoms with Gasteiger partial charge >= 0.3 is 0 Å². The molecule has 0 fully saturated rings. The molecule has 1 aromatic heterocycles. The summed E-state index contributed by atoms with van der Waals surface area (Å²) in [5, 5.41) is 0. The van der Waals surface area contributed by atoms with Gasteiger partial charge in [-0.25, -0.2) is 0 Å². The van der Waals surface area contributed by atoms with E-state index >= 15 is 0 Å². The van der Waals surface area contributed by atoms with Gasteiger partial charge < -0.3 is 9.47 Å². The Morgan fingerprint density at radius 3 is 2.75 bits per heavy atom. The van der Waals surface area contributed by atoms with Gasteiger partial charge in [-0.3, -0.25) is 9.98 Å². The smallest absolute Gasteiger partial charge is 0.129 e. The van der Waals surface area contributed by atoms with Gasteiger partial charge in [0.2, 0.25) is 0 Å². The topological polar surface area (TPSA) is 43.7 Å². The molecule has 1 aromatic carbocycles. The molecule has 3 rings (SSSR count). The second kappa shape index (κ2) is 7.30. The van der Waals surface area contributed by atoms with E-state index in [1.807, 2.05) is 30.5 Å². The van der Waals surface area contributed by atoms with Crippen LogP contribution in [0.5, 0.6) is 11.5 Å². The van der Waals surface area contributed by atoms with E-state index in [1.54, 1.807) is 20.4 Å². The molecule has 2 heterocycles. The summed E-state index contributed by atoms with van der Waals surface area (Å²) in [6.07, 6.45) is 6.81. The summed E-state index contributed by atoms with van der Waals surface area (Å²) in [5.41, 5.74) is 4.33. The molecule has 0 spiro atoms. The second-order valence-corrected chi connectivity index (χ2v) is 6.02. The van der Waals surface area contributed by atoms with Crippen molar-refractivity contribution in [3.8, 4) is 11.5 Å². The molecule has 24 heavy (non-hydrogen) atoms. The molecule has 4 nitrogen and oxygen atoms in total. The van der Waals surface area contributed by atoms with Gasteiger partial charge in [0.25, 0.3) is 0 Å². The van der Waals surface area contributed by atoms with Crippen LogP contribution in [0.4, 0.5) is 0 Å². The minimum absolute atomic E-state index is 0.529. The summed E-state index contributed by atoms with van der Waals surface area (Å²) in [5.74, 6) is 2.11. The standard InChI is InChI=1S/C20H22N2O2/c1-14-9-17(20(22-12-14)16-5-4-8-21-13-16)10-15-6-7-18(23-2)11-19(15)24-3/h4-8,10-11,13-14H,9,12H2,1-3H3. The number of aromatic nitrogens is 1. The summed E-state index contributed by atoms with van der Waals surface area (Å²) < 4.78 is 10.8. The molecule has 0 saturated heterocycles. The third kappa shape index (κ3) is 3.48. The highest BCUT2D eigenvalue weighted by atomic mass is 16.5. The summed E-state index contributed by atoms with van der Waals surface area (Å²) in [7, 11) is 3.33. The minimum Gasteiger partial charge on any atom is -0.497 e. The Labute approximate surface area is 142 Å². The molecule has 2 aromatic rings. The fourth-order valence-electron chi connectivity index (χ4n) is 2.92. The first-order valence-corrected chi connectivity index (χ1v) is 8.09. The van der Waals surface area contributed by atoms with Gasteiger partial charge in [-0.1, -0.05) is 6.92 Å². The highest BCUT2D eigenvalue weighted by molar-refractivity contribution is 6.15. The summed E-state index contributed by atoms with van der Waals surface area (Å²) in [6.45, 7) is 3.07. The van der Waals surface area contributed by atoms with Gasteiger partial charge in [0.05, 0.1) is 19.9 Å². The summed E-state index contributed by atoms with van der Waals surface area (Å²) in [4.78, 5) is 9.02. The quantitative estimate of drug-likeness (QED) is 0.854. The summed E-state index contributed by atoms with van der Waals surface area (Å²) >= 11 is 0. The minimum atomic E-state index is 0.529. The molecule has 4 heteroatoms. The number of hydrogen-bond acceptors (Lipinski definition) is 4. The van der Waals surface area contributed by atoms with Crippen LogP contribution in [0.2, 0.25) is 0 Å². The van der Waals surface area contributed by atoms with Gasteiger partial charge in [0.15, 0.2) is 0 Å². The molecule has 0 bridgehead atoms. The number of hydrogen-bond donors (Lipinski definition) is 0. The Kier molecular flexibility index (Phi) is 4.94. The third-order valence-corrected chi connectivity index (χ3v) is 4.14. The second-order valence-electron chi connectivity index (χ2n) is 6.02. The summed E-state index contributed by atoms with van der Waals surface area (Å²) in [6, 6.07) is 9.87. The number of nitrogens with zero attached hydrogens (tertiary/aromatic N) is 2. The van der Waals surface area contributed by atoms with Crippen molar-refractivity contribution < 1.29 is 9.47 Å². The number of pyridine rings is 1. The Hall–Kier alpha value is -2.62. The van der Waals surface area contributed by atoms with Crippen LogP contribution in [-0.2, 0) is 0 Å². The zero-order valence-electron chi connectivity index (χ0n) is 14.3. The maximum absolute atomic E-state index is 5.52. The lowest BCUT2D eigenvalue weighted by atomic mass is 9.90. The number of allylic oxidation sites excluding steroid dienone is 1. The first-order valence-electron chi connectivity index (χ1n) is 8.09. The largest absolute Gasteiger partial charge is 0.497 e. The Morgan fingerprint density at radius 2 is 2.04 bits per heavy atom. The van der Waals surface area contributed by atoms with Crippen molar-refractivity contribution >= 4 is 11.8 Å². The predicted molar refractivity (Wildman–Crippen MR) is 96.9 cm³/mol. The molecular weight excluding hydrogens is 300 g/mol. The fourth-order valence-corrected chi connectivity index (χ4v) is 2.92. The van der Waals surface area contributed by atoms with Gasteiger partial charge in [0, 0.05) is 36.1 Å². The molecule has 0 radical (unpaired) electrons. The molecule has 124 valence electrons. The molecule has 0 aliphatic carbocycles. The van der Waals surface area contributed by atoms with E-state index in [4.69, 9.17) is 14.5 Å². The molecule has 0 saturated carbocycles. The van der Waals surface area contributed by atoms with Crippen molar-refractivity contribution in [2.75, 3.05) is 20.8 Å². The monoisotopic (exact) mass is 322 g/mol. The van der Waals surface area contributed by atoms with E-state index in [0.717, 1.165) is 41.3 Å².